The number of furan rings is 1. The highest BCUT2D eigenvalue weighted by Gasteiger charge is 2.33. The number of Topliss-reactive ketones (excluding diaryl/α,β-unsaturated/α-hetero) is 1. The van der Waals surface area contributed by atoms with Crippen LogP contribution in [0.3, 0.4) is 0 Å². The van der Waals surface area contributed by atoms with Gasteiger partial charge < -0.3 is 13.9 Å². The molecule has 0 atom stereocenters. The van der Waals surface area contributed by atoms with Crippen molar-refractivity contribution in [3.63, 3.8) is 0 Å². The van der Waals surface area contributed by atoms with Crippen LogP contribution in [0.2, 0.25) is 0 Å². The fraction of sp³-hybridized carbons (Fsp3) is 0.118. The lowest BCUT2D eigenvalue weighted by Gasteiger charge is -2.10. The van der Waals surface area contributed by atoms with E-state index >= 15 is 0 Å². The van der Waals surface area contributed by atoms with Crippen LogP contribution in [0.5, 0.6) is 11.5 Å². The van der Waals surface area contributed by atoms with E-state index in [-0.39, 0.29) is 16.9 Å². The van der Waals surface area contributed by atoms with Crippen molar-refractivity contribution in [3.05, 3.63) is 53.0 Å². The van der Waals surface area contributed by atoms with Crippen LogP contribution in [0.4, 0.5) is 0 Å². The highest BCUT2D eigenvalue weighted by atomic mass is 16.5. The first-order valence-corrected chi connectivity index (χ1v) is 7.13. The van der Waals surface area contributed by atoms with Gasteiger partial charge in [-0.05, 0) is 29.7 Å². The van der Waals surface area contributed by atoms with Gasteiger partial charge in [0, 0.05) is 5.56 Å². The monoisotopic (exact) mass is 324 g/mol. The molecule has 3 rings (SSSR count). The molecule has 0 radical (unpaired) electrons. The molecular formula is C17H13BO6. The molecule has 0 fully saturated rings. The van der Waals surface area contributed by atoms with Gasteiger partial charge in [0.05, 0.1) is 25.3 Å². The SMILES string of the molecule is BC1=CC(=O)C(=O)c2c(C(=O)c3ccc(OC)c(OC)c3)coc21. The van der Waals surface area contributed by atoms with Gasteiger partial charge >= 0.3 is 0 Å². The Labute approximate surface area is 138 Å². The van der Waals surface area contributed by atoms with Crippen LogP contribution >= 0.6 is 0 Å². The third-order valence-electron chi connectivity index (χ3n) is 3.84. The van der Waals surface area contributed by atoms with Crippen molar-refractivity contribution in [2.24, 2.45) is 0 Å². The van der Waals surface area contributed by atoms with Crippen LogP contribution in [-0.4, -0.2) is 39.4 Å². The molecule has 0 amide bonds. The zero-order valence-electron chi connectivity index (χ0n) is 13.3. The Hall–Kier alpha value is -3.09. The Balaban J connectivity index is 2.09. The minimum absolute atomic E-state index is 0.0137. The molecule has 2 aromatic rings. The maximum atomic E-state index is 12.8. The second-order valence-electron chi connectivity index (χ2n) is 5.27. The van der Waals surface area contributed by atoms with Crippen molar-refractivity contribution in [2.75, 3.05) is 14.2 Å². The number of hydrogen-bond acceptors (Lipinski definition) is 6. The fourth-order valence-corrected chi connectivity index (χ4v) is 2.62. The first kappa shape index (κ1) is 15.8. The Morgan fingerprint density at radius 3 is 2.50 bits per heavy atom. The molecule has 0 unspecified atom stereocenters. The molecule has 0 aliphatic heterocycles. The Bertz CT molecular complexity index is 906. The highest BCUT2D eigenvalue weighted by Crippen LogP contribution is 2.32. The van der Waals surface area contributed by atoms with Crippen molar-refractivity contribution in [1.82, 2.24) is 0 Å². The Morgan fingerprint density at radius 1 is 1.12 bits per heavy atom. The zero-order valence-corrected chi connectivity index (χ0v) is 13.3. The van der Waals surface area contributed by atoms with Gasteiger partial charge in [-0.25, -0.2) is 0 Å². The zero-order chi connectivity index (χ0) is 17.4. The summed E-state index contributed by atoms with van der Waals surface area (Å²) in [6.07, 6.45) is 2.41. The number of benzene rings is 1. The highest BCUT2D eigenvalue weighted by molar-refractivity contribution is 6.57. The first-order valence-electron chi connectivity index (χ1n) is 7.13. The molecule has 0 spiro atoms. The average Bonchev–Trinajstić information content (AvgIpc) is 3.04. The topological polar surface area (TPSA) is 82.8 Å². The first-order chi connectivity index (χ1) is 11.5. The van der Waals surface area contributed by atoms with E-state index < -0.39 is 17.3 Å². The molecule has 1 heterocycles. The van der Waals surface area contributed by atoms with E-state index in [4.69, 9.17) is 13.9 Å². The average molecular weight is 324 g/mol. The summed E-state index contributed by atoms with van der Waals surface area (Å²) < 4.78 is 15.7. The standard InChI is InChI=1S/C17H13BO6/c1-22-12-4-3-8(5-13(12)23-2)15(20)9-7-24-17-10(18)6-11(19)16(21)14(9)17/h3-7H,18H2,1-2H3. The van der Waals surface area contributed by atoms with Crippen LogP contribution in [0.1, 0.15) is 32.0 Å². The number of methoxy groups -OCH3 is 2. The van der Waals surface area contributed by atoms with Gasteiger partial charge in [0.15, 0.2) is 17.3 Å². The molecule has 120 valence electrons. The molecule has 1 aromatic heterocycles. The lowest BCUT2D eigenvalue weighted by molar-refractivity contribution is -0.111. The molecule has 0 bridgehead atoms. The summed E-state index contributed by atoms with van der Waals surface area (Å²) in [7, 11) is 4.60. The maximum absolute atomic E-state index is 12.8. The summed E-state index contributed by atoms with van der Waals surface area (Å²) >= 11 is 0. The summed E-state index contributed by atoms with van der Waals surface area (Å²) in [5.41, 5.74) is 0.882. The van der Waals surface area contributed by atoms with Gasteiger partial charge in [0.2, 0.25) is 11.6 Å². The van der Waals surface area contributed by atoms with Gasteiger partial charge in [-0.15, -0.1) is 0 Å². The number of fused-ring (bicyclic) bond motifs is 1. The van der Waals surface area contributed by atoms with Gasteiger partial charge in [-0.2, -0.15) is 0 Å². The van der Waals surface area contributed by atoms with E-state index in [9.17, 15) is 14.4 Å². The van der Waals surface area contributed by atoms with Gasteiger partial charge in [-0.1, -0.05) is 0 Å². The number of ether oxygens (including phenoxy) is 2. The molecule has 24 heavy (non-hydrogen) atoms. The molecule has 0 saturated carbocycles. The second kappa shape index (κ2) is 5.84. The minimum Gasteiger partial charge on any atom is -0.493 e. The van der Waals surface area contributed by atoms with Crippen molar-refractivity contribution < 1.29 is 28.3 Å². The van der Waals surface area contributed by atoms with Crippen molar-refractivity contribution in [2.45, 2.75) is 0 Å². The Kier molecular flexibility index (Phi) is 3.85. The van der Waals surface area contributed by atoms with E-state index in [0.717, 1.165) is 0 Å². The Morgan fingerprint density at radius 2 is 1.83 bits per heavy atom. The maximum Gasteiger partial charge on any atom is 0.237 e. The number of hydrogen-bond donors (Lipinski definition) is 0. The van der Waals surface area contributed by atoms with E-state index in [1.165, 1.54) is 32.6 Å². The van der Waals surface area contributed by atoms with E-state index in [1.807, 2.05) is 0 Å². The van der Waals surface area contributed by atoms with Crippen LogP contribution in [0, 0.1) is 0 Å². The molecule has 6 nitrogen and oxygen atoms in total. The number of carbonyl (C=O) groups is 3. The third-order valence-corrected chi connectivity index (χ3v) is 3.84. The molecule has 1 aromatic carbocycles. The van der Waals surface area contributed by atoms with Crippen LogP contribution in [0.15, 0.2) is 35.0 Å². The largest absolute Gasteiger partial charge is 0.493 e. The normalized spacial score (nSPS) is 13.3. The number of allylic oxidation sites excluding steroid dienone is 1. The van der Waals surface area contributed by atoms with Crippen molar-refractivity contribution in [1.29, 1.82) is 0 Å². The molecule has 0 saturated heterocycles. The van der Waals surface area contributed by atoms with Crippen LogP contribution in [-0.2, 0) is 4.79 Å². The van der Waals surface area contributed by atoms with E-state index in [2.05, 4.69) is 0 Å². The lowest BCUT2D eigenvalue weighted by Crippen LogP contribution is -2.20. The number of rotatable bonds is 4. The van der Waals surface area contributed by atoms with E-state index in [0.29, 0.717) is 22.5 Å². The molecule has 0 N–H and O–H groups in total. The predicted octanol–water partition coefficient (Wildman–Crippen LogP) is 1.27. The van der Waals surface area contributed by atoms with Crippen LogP contribution < -0.4 is 9.47 Å². The van der Waals surface area contributed by atoms with Gasteiger partial charge in [-0.3, -0.25) is 14.4 Å². The molecular weight excluding hydrogens is 311 g/mol. The molecule has 1 aliphatic rings. The second-order valence-corrected chi connectivity index (χ2v) is 5.27. The summed E-state index contributed by atoms with van der Waals surface area (Å²) in [6, 6.07) is 4.66. The third kappa shape index (κ3) is 2.34. The summed E-state index contributed by atoms with van der Waals surface area (Å²) in [5.74, 6) is -0.719. The molecule has 7 heteroatoms. The lowest BCUT2D eigenvalue weighted by atomic mass is 9.82. The summed E-state index contributed by atoms with van der Waals surface area (Å²) in [4.78, 5) is 36.7. The van der Waals surface area contributed by atoms with Gasteiger partial charge in [0.25, 0.3) is 0 Å². The summed E-state index contributed by atoms with van der Waals surface area (Å²) in [6.45, 7) is 0. The summed E-state index contributed by atoms with van der Waals surface area (Å²) in [5, 5.41) is 0. The quantitative estimate of drug-likeness (QED) is 0.478. The van der Waals surface area contributed by atoms with E-state index in [1.54, 1.807) is 20.0 Å². The van der Waals surface area contributed by atoms with Crippen molar-refractivity contribution >= 4 is 30.7 Å². The minimum atomic E-state index is -0.742. The number of ketones is 3. The fourth-order valence-electron chi connectivity index (χ4n) is 2.62. The van der Waals surface area contributed by atoms with Crippen LogP contribution in [0.25, 0.3) is 5.47 Å². The van der Waals surface area contributed by atoms with Gasteiger partial charge in [0.1, 0.15) is 19.9 Å². The molecule has 1 aliphatic carbocycles. The predicted molar refractivity (Wildman–Crippen MR) is 87.5 cm³/mol. The van der Waals surface area contributed by atoms with Crippen molar-refractivity contribution in [3.8, 4) is 11.5 Å². The smallest absolute Gasteiger partial charge is 0.237 e. The number of carbonyl (C=O) groups excluding carboxylic acids is 3.